The molecule has 2 bridgehead atoms. The van der Waals surface area contributed by atoms with E-state index in [1.54, 1.807) is 32.9 Å². The van der Waals surface area contributed by atoms with Gasteiger partial charge in [0.05, 0.1) is 40.1 Å². The van der Waals surface area contributed by atoms with E-state index in [4.69, 9.17) is 25.8 Å². The van der Waals surface area contributed by atoms with E-state index < -0.39 is 11.2 Å². The SMILES string of the molecule is Cc1cc(Oc2ncc(Cl)cc2F)cc(C)c1C1=C(OC(=O)C(C)(C)C)[C@@H]2C3CCC(O3)[C@@H]2C1=O. The van der Waals surface area contributed by atoms with Crippen molar-refractivity contribution in [1.82, 2.24) is 4.98 Å². The number of carbonyl (C=O) groups excluding carboxylic acids is 2. The van der Waals surface area contributed by atoms with E-state index >= 15 is 0 Å². The third kappa shape index (κ3) is 4.04. The summed E-state index contributed by atoms with van der Waals surface area (Å²) in [6.45, 7) is 9.06. The van der Waals surface area contributed by atoms with Crippen LogP contribution < -0.4 is 4.74 Å². The molecule has 2 aliphatic heterocycles. The van der Waals surface area contributed by atoms with Gasteiger partial charge in [-0.05, 0) is 82.3 Å². The van der Waals surface area contributed by atoms with Crippen molar-refractivity contribution in [2.24, 2.45) is 17.3 Å². The number of allylic oxidation sites excluding steroid dienone is 1. The zero-order valence-corrected chi connectivity index (χ0v) is 21.0. The Morgan fingerprint density at radius 1 is 1.11 bits per heavy atom. The molecule has 1 aliphatic carbocycles. The lowest BCUT2D eigenvalue weighted by molar-refractivity contribution is -0.149. The molecule has 6 nitrogen and oxygen atoms in total. The van der Waals surface area contributed by atoms with Crippen LogP contribution in [0.15, 0.2) is 30.2 Å². The van der Waals surface area contributed by atoms with Crippen LogP contribution in [0, 0.1) is 36.9 Å². The van der Waals surface area contributed by atoms with Crippen LogP contribution in [0.4, 0.5) is 4.39 Å². The van der Waals surface area contributed by atoms with Gasteiger partial charge in [0.2, 0.25) is 0 Å². The summed E-state index contributed by atoms with van der Waals surface area (Å²) in [6, 6.07) is 4.58. The normalized spacial score (nSPS) is 25.3. The number of Topliss-reactive ketones (excluding diaryl/α,β-unsaturated/α-hetero) is 1. The van der Waals surface area contributed by atoms with Crippen molar-refractivity contribution >= 4 is 28.9 Å². The largest absolute Gasteiger partial charge is 0.436 e. The summed E-state index contributed by atoms with van der Waals surface area (Å²) < 4.78 is 31.9. The Balaban J connectivity index is 1.57. The Morgan fingerprint density at radius 3 is 2.34 bits per heavy atom. The number of aryl methyl sites for hydroxylation is 2. The lowest BCUT2D eigenvalue weighted by Crippen LogP contribution is -2.31. The fourth-order valence-corrected chi connectivity index (χ4v) is 5.53. The molecule has 3 heterocycles. The zero-order valence-electron chi connectivity index (χ0n) is 20.3. The number of hydrogen-bond donors (Lipinski definition) is 0. The molecule has 2 saturated heterocycles. The molecule has 2 unspecified atom stereocenters. The van der Waals surface area contributed by atoms with Crippen LogP contribution >= 0.6 is 11.6 Å². The fourth-order valence-electron chi connectivity index (χ4n) is 5.38. The Labute approximate surface area is 208 Å². The molecule has 3 aliphatic rings. The number of ether oxygens (including phenoxy) is 3. The topological polar surface area (TPSA) is 74.7 Å². The number of ketones is 1. The zero-order chi connectivity index (χ0) is 25.2. The van der Waals surface area contributed by atoms with Crippen molar-refractivity contribution in [3.05, 3.63) is 57.7 Å². The molecule has 0 radical (unpaired) electrons. The average Bonchev–Trinajstić information content (AvgIpc) is 3.44. The van der Waals surface area contributed by atoms with Gasteiger partial charge >= 0.3 is 5.97 Å². The van der Waals surface area contributed by atoms with Crippen molar-refractivity contribution in [2.75, 3.05) is 0 Å². The summed E-state index contributed by atoms with van der Waals surface area (Å²) in [5, 5.41) is 0.171. The lowest BCUT2D eigenvalue weighted by atomic mass is 9.80. The van der Waals surface area contributed by atoms with Gasteiger partial charge in [0.15, 0.2) is 11.6 Å². The minimum absolute atomic E-state index is 0.0517. The predicted octanol–water partition coefficient (Wildman–Crippen LogP) is 5.96. The van der Waals surface area contributed by atoms with E-state index in [-0.39, 0.29) is 46.7 Å². The second-order valence-corrected chi connectivity index (χ2v) is 11.0. The quantitative estimate of drug-likeness (QED) is 0.483. The van der Waals surface area contributed by atoms with Crippen molar-refractivity contribution in [3.8, 4) is 11.6 Å². The number of aromatic nitrogens is 1. The van der Waals surface area contributed by atoms with Gasteiger partial charge in [-0.2, -0.15) is 0 Å². The van der Waals surface area contributed by atoms with E-state index in [1.165, 1.54) is 6.20 Å². The van der Waals surface area contributed by atoms with Crippen molar-refractivity contribution in [1.29, 1.82) is 0 Å². The number of pyridine rings is 1. The van der Waals surface area contributed by atoms with Gasteiger partial charge in [0.25, 0.3) is 5.88 Å². The van der Waals surface area contributed by atoms with Crippen LogP contribution in [0.25, 0.3) is 5.57 Å². The van der Waals surface area contributed by atoms with E-state index in [0.29, 0.717) is 22.6 Å². The molecule has 5 rings (SSSR count). The maximum atomic E-state index is 14.2. The highest BCUT2D eigenvalue weighted by atomic mass is 35.5. The molecule has 1 aromatic carbocycles. The number of carbonyl (C=O) groups is 2. The van der Waals surface area contributed by atoms with E-state index in [0.717, 1.165) is 30.0 Å². The monoisotopic (exact) mass is 499 g/mol. The first kappa shape index (κ1) is 23.9. The van der Waals surface area contributed by atoms with Gasteiger partial charge in [0.1, 0.15) is 11.5 Å². The highest BCUT2D eigenvalue weighted by Crippen LogP contribution is 2.55. The first-order valence-electron chi connectivity index (χ1n) is 11.7. The van der Waals surface area contributed by atoms with Crippen LogP contribution in [0.1, 0.15) is 50.3 Å². The third-order valence-corrected chi connectivity index (χ3v) is 7.14. The number of fused-ring (bicyclic) bond motifs is 5. The first-order valence-corrected chi connectivity index (χ1v) is 12.1. The van der Waals surface area contributed by atoms with Crippen LogP contribution in [0.2, 0.25) is 5.02 Å². The number of benzene rings is 1. The summed E-state index contributed by atoms with van der Waals surface area (Å²) in [6.07, 6.45) is 2.70. The van der Waals surface area contributed by atoms with E-state index in [9.17, 15) is 14.0 Å². The Hall–Kier alpha value is -2.77. The third-order valence-electron chi connectivity index (χ3n) is 6.93. The summed E-state index contributed by atoms with van der Waals surface area (Å²) in [5.41, 5.74) is 1.91. The standard InChI is InChI=1S/C27H27ClFNO5/c1-12-8-15(33-25-16(29)10-14(28)11-30-25)9-13(2)19(12)22-23(31)20-17-6-7-18(34-17)21(20)24(22)35-26(32)27(3,4)5/h8-11,17-18,20-21H,6-7H2,1-5H3/t17?,18?,20-,21+/m0/s1. The molecule has 2 fully saturated rings. The van der Waals surface area contributed by atoms with Crippen LogP contribution in [0.5, 0.6) is 11.6 Å². The Bertz CT molecular complexity index is 1260. The molecule has 0 saturated carbocycles. The highest BCUT2D eigenvalue weighted by molar-refractivity contribution is 6.30. The second kappa shape index (κ2) is 8.42. The minimum atomic E-state index is -0.727. The molecule has 8 heteroatoms. The van der Waals surface area contributed by atoms with Gasteiger partial charge in [0, 0.05) is 6.20 Å². The molecule has 184 valence electrons. The number of rotatable bonds is 4. The fraction of sp³-hybridized carbons (Fsp3) is 0.444. The van der Waals surface area contributed by atoms with Crippen molar-refractivity contribution < 1.29 is 28.2 Å². The summed E-state index contributed by atoms with van der Waals surface area (Å²) >= 11 is 5.78. The summed E-state index contributed by atoms with van der Waals surface area (Å²) in [5.74, 6) is -1.12. The molecule has 0 spiro atoms. The Morgan fingerprint density at radius 2 is 1.74 bits per heavy atom. The average molecular weight is 500 g/mol. The minimum Gasteiger partial charge on any atom is -0.436 e. The van der Waals surface area contributed by atoms with Crippen molar-refractivity contribution in [3.63, 3.8) is 0 Å². The van der Waals surface area contributed by atoms with Gasteiger partial charge in [-0.15, -0.1) is 0 Å². The number of hydrogen-bond acceptors (Lipinski definition) is 6. The van der Waals surface area contributed by atoms with Gasteiger partial charge in [-0.3, -0.25) is 9.59 Å². The molecular formula is C27H27ClFNO5. The molecule has 4 atom stereocenters. The number of esters is 1. The van der Waals surface area contributed by atoms with E-state index in [1.807, 2.05) is 13.8 Å². The second-order valence-electron chi connectivity index (χ2n) is 10.6. The van der Waals surface area contributed by atoms with Gasteiger partial charge < -0.3 is 14.2 Å². The van der Waals surface area contributed by atoms with Crippen molar-refractivity contribution in [2.45, 2.75) is 59.7 Å². The number of nitrogens with zero attached hydrogens (tertiary/aromatic N) is 1. The van der Waals surface area contributed by atoms with E-state index in [2.05, 4.69) is 4.98 Å². The number of halogens is 2. The van der Waals surface area contributed by atoms with Gasteiger partial charge in [-0.1, -0.05) is 11.6 Å². The van der Waals surface area contributed by atoms with Crippen LogP contribution in [-0.2, 0) is 19.1 Å². The molecule has 0 amide bonds. The smallest absolute Gasteiger partial charge is 0.316 e. The first-order chi connectivity index (χ1) is 16.5. The molecular weight excluding hydrogens is 473 g/mol. The van der Waals surface area contributed by atoms with Gasteiger partial charge in [-0.25, -0.2) is 9.37 Å². The lowest BCUT2D eigenvalue weighted by Gasteiger charge is -2.24. The summed E-state index contributed by atoms with van der Waals surface area (Å²) in [7, 11) is 0. The molecule has 1 aromatic heterocycles. The highest BCUT2D eigenvalue weighted by Gasteiger charge is 2.60. The predicted molar refractivity (Wildman–Crippen MR) is 128 cm³/mol. The van der Waals surface area contributed by atoms with Crippen LogP contribution in [0.3, 0.4) is 0 Å². The molecule has 0 N–H and O–H groups in total. The summed E-state index contributed by atoms with van der Waals surface area (Å²) in [4.78, 5) is 30.6. The van der Waals surface area contributed by atoms with Crippen LogP contribution in [-0.4, -0.2) is 28.9 Å². The maximum absolute atomic E-state index is 14.2. The maximum Gasteiger partial charge on any atom is 0.316 e. The Kier molecular flexibility index (Phi) is 5.76. The molecule has 35 heavy (non-hydrogen) atoms. The molecule has 2 aromatic rings.